The molecule has 0 bridgehead atoms. The number of rotatable bonds is 7. The molecule has 0 unspecified atom stereocenters. The zero-order valence-electron chi connectivity index (χ0n) is 16.1. The molecule has 10 heteroatoms. The van der Waals surface area contributed by atoms with Crippen LogP contribution in [0.1, 0.15) is 11.1 Å². The van der Waals surface area contributed by atoms with Crippen molar-refractivity contribution in [2.45, 2.75) is 6.61 Å². The highest BCUT2D eigenvalue weighted by Gasteiger charge is 2.13. The molecule has 1 heterocycles. The molecule has 2 N–H and O–H groups in total. The van der Waals surface area contributed by atoms with Gasteiger partial charge >= 0.3 is 11.8 Å². The number of ether oxygens (including phenoxy) is 1. The van der Waals surface area contributed by atoms with Gasteiger partial charge in [-0.2, -0.15) is 5.10 Å². The Balaban J connectivity index is 1.46. The number of hydrogen-bond acceptors (Lipinski definition) is 7. The van der Waals surface area contributed by atoms with Gasteiger partial charge in [0.25, 0.3) is 5.69 Å². The van der Waals surface area contributed by atoms with E-state index in [0.717, 1.165) is 5.56 Å². The number of benzene rings is 2. The molecule has 0 fully saturated rings. The number of carbonyl (C=O) groups excluding carboxylic acids is 2. The van der Waals surface area contributed by atoms with Crippen LogP contribution in [-0.2, 0) is 16.2 Å². The molecular formula is C21H17N5O5. The van der Waals surface area contributed by atoms with Gasteiger partial charge in [-0.15, -0.1) is 0 Å². The van der Waals surface area contributed by atoms with E-state index >= 15 is 0 Å². The number of carbonyl (C=O) groups is 2. The molecular weight excluding hydrogens is 402 g/mol. The highest BCUT2D eigenvalue weighted by atomic mass is 16.6. The molecule has 3 aromatic rings. The lowest BCUT2D eigenvalue weighted by Gasteiger charge is -2.06. The first-order valence-corrected chi connectivity index (χ1v) is 9.03. The molecule has 0 aliphatic carbocycles. The van der Waals surface area contributed by atoms with Crippen molar-refractivity contribution in [3.05, 3.63) is 94.2 Å². The summed E-state index contributed by atoms with van der Waals surface area (Å²) in [6.07, 6.45) is 2.87. The van der Waals surface area contributed by atoms with Crippen molar-refractivity contribution in [1.82, 2.24) is 10.4 Å². The summed E-state index contributed by atoms with van der Waals surface area (Å²) in [6, 6.07) is 17.9. The Morgan fingerprint density at radius 3 is 2.42 bits per heavy atom. The Morgan fingerprint density at radius 1 is 1.03 bits per heavy atom. The number of nitro groups is 1. The minimum absolute atomic E-state index is 0.0219. The standard InChI is InChI=1S/C21H17N5O5/c27-20(24-19-3-1-2-12-22-19)21(28)25-23-13-15-6-10-18(11-7-15)31-14-16-4-8-17(9-5-16)26(29)30/h1-13H,14H2,(H,25,28)(H,22,24,27)/b23-13+. The van der Waals surface area contributed by atoms with Crippen LogP contribution in [0.5, 0.6) is 5.75 Å². The average Bonchev–Trinajstić information content (AvgIpc) is 2.79. The van der Waals surface area contributed by atoms with Gasteiger partial charge < -0.3 is 10.1 Å². The number of anilines is 1. The van der Waals surface area contributed by atoms with Gasteiger partial charge in [0.15, 0.2) is 0 Å². The van der Waals surface area contributed by atoms with Crippen molar-refractivity contribution in [1.29, 1.82) is 0 Å². The second-order valence-corrected chi connectivity index (χ2v) is 6.15. The minimum Gasteiger partial charge on any atom is -0.489 e. The number of non-ortho nitro benzene ring substituents is 1. The zero-order chi connectivity index (χ0) is 22.1. The molecule has 3 rings (SSSR count). The van der Waals surface area contributed by atoms with E-state index in [1.807, 2.05) is 0 Å². The van der Waals surface area contributed by atoms with Crippen molar-refractivity contribution in [3.63, 3.8) is 0 Å². The van der Waals surface area contributed by atoms with Crippen LogP contribution in [0.15, 0.2) is 78.0 Å². The maximum atomic E-state index is 11.8. The van der Waals surface area contributed by atoms with E-state index in [4.69, 9.17) is 4.74 Å². The van der Waals surface area contributed by atoms with Gasteiger partial charge in [-0.25, -0.2) is 10.4 Å². The number of pyridine rings is 1. The lowest BCUT2D eigenvalue weighted by Crippen LogP contribution is -2.32. The zero-order valence-corrected chi connectivity index (χ0v) is 16.1. The second-order valence-electron chi connectivity index (χ2n) is 6.15. The first-order valence-electron chi connectivity index (χ1n) is 9.03. The van der Waals surface area contributed by atoms with Crippen LogP contribution in [0.3, 0.4) is 0 Å². The number of hydrogen-bond donors (Lipinski definition) is 2. The molecule has 1 aromatic heterocycles. The third-order valence-electron chi connectivity index (χ3n) is 3.93. The molecule has 0 aliphatic heterocycles. The van der Waals surface area contributed by atoms with E-state index in [-0.39, 0.29) is 18.1 Å². The molecule has 0 radical (unpaired) electrons. The van der Waals surface area contributed by atoms with Crippen molar-refractivity contribution in [2.75, 3.05) is 5.32 Å². The van der Waals surface area contributed by atoms with E-state index in [1.54, 1.807) is 54.6 Å². The maximum Gasteiger partial charge on any atom is 0.329 e. The Bertz CT molecular complexity index is 1080. The van der Waals surface area contributed by atoms with Gasteiger partial charge in [-0.05, 0) is 59.7 Å². The van der Waals surface area contributed by atoms with Gasteiger partial charge in [0.05, 0.1) is 11.1 Å². The van der Waals surface area contributed by atoms with Crippen molar-refractivity contribution < 1.29 is 19.2 Å². The third-order valence-corrected chi connectivity index (χ3v) is 3.93. The topological polar surface area (TPSA) is 136 Å². The molecule has 31 heavy (non-hydrogen) atoms. The normalized spacial score (nSPS) is 10.5. The highest BCUT2D eigenvalue weighted by molar-refractivity contribution is 6.39. The van der Waals surface area contributed by atoms with Crippen LogP contribution in [0.4, 0.5) is 11.5 Å². The van der Waals surface area contributed by atoms with Crippen LogP contribution < -0.4 is 15.5 Å². The Kier molecular flexibility index (Phi) is 6.99. The highest BCUT2D eigenvalue weighted by Crippen LogP contribution is 2.16. The fraction of sp³-hybridized carbons (Fsp3) is 0.0476. The molecule has 0 atom stereocenters. The molecule has 0 saturated heterocycles. The molecule has 0 spiro atoms. The van der Waals surface area contributed by atoms with Crippen LogP contribution in [0.25, 0.3) is 0 Å². The molecule has 2 amide bonds. The largest absolute Gasteiger partial charge is 0.489 e. The number of nitrogens with zero attached hydrogens (tertiary/aromatic N) is 3. The maximum absolute atomic E-state index is 11.8. The predicted octanol–water partition coefficient (Wildman–Crippen LogP) is 2.66. The SMILES string of the molecule is O=C(N/N=C/c1ccc(OCc2ccc([N+](=O)[O-])cc2)cc1)C(=O)Nc1ccccn1. The lowest BCUT2D eigenvalue weighted by atomic mass is 10.2. The number of nitrogens with one attached hydrogen (secondary N) is 2. The van der Waals surface area contributed by atoms with Crippen molar-refractivity contribution >= 4 is 29.5 Å². The minimum atomic E-state index is -0.926. The lowest BCUT2D eigenvalue weighted by molar-refractivity contribution is -0.384. The van der Waals surface area contributed by atoms with Crippen molar-refractivity contribution in [3.8, 4) is 5.75 Å². The van der Waals surface area contributed by atoms with E-state index in [0.29, 0.717) is 11.3 Å². The predicted molar refractivity (Wildman–Crippen MR) is 112 cm³/mol. The second kappa shape index (κ2) is 10.3. The number of aromatic nitrogens is 1. The van der Waals surface area contributed by atoms with Crippen LogP contribution >= 0.6 is 0 Å². The summed E-state index contributed by atoms with van der Waals surface area (Å²) >= 11 is 0. The summed E-state index contributed by atoms with van der Waals surface area (Å²) in [6.45, 7) is 0.257. The molecule has 156 valence electrons. The Labute approximate surface area is 176 Å². The monoisotopic (exact) mass is 419 g/mol. The fourth-order valence-electron chi connectivity index (χ4n) is 2.36. The first kappa shape index (κ1) is 21.1. The number of amides is 2. The average molecular weight is 419 g/mol. The van der Waals surface area contributed by atoms with Crippen LogP contribution in [0, 0.1) is 10.1 Å². The van der Waals surface area contributed by atoms with E-state index in [2.05, 4.69) is 20.8 Å². The molecule has 2 aromatic carbocycles. The van der Waals surface area contributed by atoms with E-state index < -0.39 is 16.7 Å². The first-order chi connectivity index (χ1) is 15.0. The number of hydrazone groups is 1. The number of nitro benzene ring substituents is 1. The Morgan fingerprint density at radius 2 is 1.77 bits per heavy atom. The summed E-state index contributed by atoms with van der Waals surface area (Å²) in [5, 5.41) is 16.8. The molecule has 0 aliphatic rings. The van der Waals surface area contributed by atoms with Gasteiger partial charge in [0.1, 0.15) is 18.2 Å². The third kappa shape index (κ3) is 6.46. The summed E-state index contributed by atoms with van der Waals surface area (Å²) in [7, 11) is 0. The van der Waals surface area contributed by atoms with E-state index in [1.165, 1.54) is 24.5 Å². The van der Waals surface area contributed by atoms with Gasteiger partial charge in [-0.1, -0.05) is 6.07 Å². The van der Waals surface area contributed by atoms with Crippen molar-refractivity contribution in [2.24, 2.45) is 5.10 Å². The smallest absolute Gasteiger partial charge is 0.329 e. The van der Waals surface area contributed by atoms with Gasteiger partial charge in [-0.3, -0.25) is 19.7 Å². The van der Waals surface area contributed by atoms with Gasteiger partial charge in [0, 0.05) is 18.3 Å². The summed E-state index contributed by atoms with van der Waals surface area (Å²) in [5.74, 6) is -0.957. The van der Waals surface area contributed by atoms with E-state index in [9.17, 15) is 19.7 Å². The fourth-order valence-corrected chi connectivity index (χ4v) is 2.36. The summed E-state index contributed by atoms with van der Waals surface area (Å²) in [5.41, 5.74) is 3.63. The Hall–Kier alpha value is -4.60. The van der Waals surface area contributed by atoms with Gasteiger partial charge in [0.2, 0.25) is 0 Å². The summed E-state index contributed by atoms with van der Waals surface area (Å²) < 4.78 is 5.64. The van der Waals surface area contributed by atoms with Crippen LogP contribution in [0.2, 0.25) is 0 Å². The van der Waals surface area contributed by atoms with Crippen LogP contribution in [-0.4, -0.2) is 27.9 Å². The molecule has 0 saturated carbocycles. The summed E-state index contributed by atoms with van der Waals surface area (Å²) in [4.78, 5) is 37.6. The molecule has 10 nitrogen and oxygen atoms in total. The quantitative estimate of drug-likeness (QED) is 0.262.